The Balaban J connectivity index is 1.68. The van der Waals surface area contributed by atoms with Crippen LogP contribution in [0.2, 0.25) is 0 Å². The summed E-state index contributed by atoms with van der Waals surface area (Å²) in [5, 5.41) is 6.57. The van der Waals surface area contributed by atoms with Crippen LogP contribution < -0.4 is 10.6 Å². The van der Waals surface area contributed by atoms with Gasteiger partial charge in [0, 0.05) is 18.6 Å². The number of amides is 2. The first kappa shape index (κ1) is 26.4. The molecule has 2 amide bonds. The van der Waals surface area contributed by atoms with E-state index in [1.807, 2.05) is 24.6 Å². The number of aryl methyl sites for hydroxylation is 1. The molecule has 1 aromatic heterocycles. The van der Waals surface area contributed by atoms with Crippen LogP contribution in [-0.4, -0.2) is 45.9 Å². The van der Waals surface area contributed by atoms with Crippen LogP contribution in [0.4, 0.5) is 0 Å². The zero-order valence-electron chi connectivity index (χ0n) is 21.9. The normalized spacial score (nSPS) is 19.8. The van der Waals surface area contributed by atoms with Gasteiger partial charge in [-0.25, -0.2) is 4.98 Å². The van der Waals surface area contributed by atoms with Gasteiger partial charge in [0.05, 0.1) is 22.1 Å². The third kappa shape index (κ3) is 6.45. The zero-order valence-corrected chi connectivity index (χ0v) is 22.7. The van der Waals surface area contributed by atoms with Gasteiger partial charge in [-0.05, 0) is 56.6 Å². The van der Waals surface area contributed by atoms with Gasteiger partial charge in [0.1, 0.15) is 6.04 Å². The number of aromatic nitrogens is 1. The second-order valence-electron chi connectivity index (χ2n) is 11.7. The number of rotatable bonds is 6. The average Bonchev–Trinajstić information content (AvgIpc) is 3.34. The summed E-state index contributed by atoms with van der Waals surface area (Å²) >= 11 is 1.63. The molecule has 2 N–H and O–H groups in total. The number of likely N-dealkylation sites (tertiary alicyclic amines) is 1. The lowest BCUT2D eigenvalue weighted by Crippen LogP contribution is -2.60. The third-order valence-corrected chi connectivity index (χ3v) is 7.19. The largest absolute Gasteiger partial charge is 0.350 e. The molecule has 3 atom stereocenters. The van der Waals surface area contributed by atoms with Crippen molar-refractivity contribution in [1.82, 2.24) is 20.5 Å². The Kier molecular flexibility index (Phi) is 7.88. The van der Waals surface area contributed by atoms with E-state index in [1.54, 1.807) is 16.2 Å². The standard InChI is InChI=1S/C27H40N4O2S/c1-17-13-21(31(15-17)25(33)23(26(3,4)5)30-27(6,7)8)24(32)28-14-19-9-11-20(12-10-19)22-18(2)29-16-34-22/h9-12,16-17,21,23,30H,13-15H2,1-8H3,(H,28,32)/t17-,21?,23?/m1/s1. The van der Waals surface area contributed by atoms with Crippen molar-refractivity contribution in [2.45, 2.75) is 86.0 Å². The van der Waals surface area contributed by atoms with Crippen LogP contribution in [0.3, 0.4) is 0 Å². The Morgan fingerprint density at radius 2 is 1.79 bits per heavy atom. The fourth-order valence-corrected chi connectivity index (χ4v) is 5.26. The maximum Gasteiger partial charge on any atom is 0.243 e. The first-order chi connectivity index (χ1) is 15.8. The molecule has 0 radical (unpaired) electrons. The van der Waals surface area contributed by atoms with Crippen LogP contribution in [0.15, 0.2) is 29.8 Å². The summed E-state index contributed by atoms with van der Waals surface area (Å²) in [7, 11) is 0. The fourth-order valence-electron chi connectivity index (χ4n) is 4.45. The maximum atomic E-state index is 13.7. The molecule has 1 aliphatic rings. The fraction of sp³-hybridized carbons (Fsp3) is 0.593. The SMILES string of the molecule is Cc1ncsc1-c1ccc(CNC(=O)C2C[C@@H](C)CN2C(=O)C(NC(C)(C)C)C(C)(C)C)cc1. The van der Waals surface area contributed by atoms with Crippen molar-refractivity contribution in [1.29, 1.82) is 0 Å². The molecule has 0 saturated carbocycles. The van der Waals surface area contributed by atoms with E-state index in [0.29, 0.717) is 19.5 Å². The Morgan fingerprint density at radius 3 is 2.32 bits per heavy atom. The number of thiazole rings is 1. The highest BCUT2D eigenvalue weighted by Crippen LogP contribution is 2.30. The molecular formula is C27H40N4O2S. The minimum absolute atomic E-state index is 0.0104. The Morgan fingerprint density at radius 1 is 1.15 bits per heavy atom. The van der Waals surface area contributed by atoms with Gasteiger partial charge in [0.2, 0.25) is 11.8 Å². The van der Waals surface area contributed by atoms with E-state index < -0.39 is 6.04 Å². The Bertz CT molecular complexity index is 1000. The summed E-state index contributed by atoms with van der Waals surface area (Å²) in [5.74, 6) is 0.219. The van der Waals surface area contributed by atoms with Gasteiger partial charge in [-0.3, -0.25) is 9.59 Å². The van der Waals surface area contributed by atoms with Crippen LogP contribution in [0.1, 0.15) is 66.1 Å². The first-order valence-corrected chi connectivity index (χ1v) is 13.0. The molecule has 34 heavy (non-hydrogen) atoms. The molecule has 2 unspecified atom stereocenters. The number of hydrogen-bond donors (Lipinski definition) is 2. The van der Waals surface area contributed by atoms with Gasteiger partial charge in [-0.2, -0.15) is 0 Å². The average molecular weight is 485 g/mol. The van der Waals surface area contributed by atoms with Crippen molar-refractivity contribution in [3.63, 3.8) is 0 Å². The highest BCUT2D eigenvalue weighted by Gasteiger charge is 2.44. The second kappa shape index (κ2) is 10.2. The Labute approximate surface area is 208 Å². The molecule has 6 nitrogen and oxygen atoms in total. The summed E-state index contributed by atoms with van der Waals surface area (Å²) in [6.07, 6.45) is 0.688. The van der Waals surface area contributed by atoms with E-state index in [4.69, 9.17) is 0 Å². The van der Waals surface area contributed by atoms with Crippen LogP contribution >= 0.6 is 11.3 Å². The highest BCUT2D eigenvalue weighted by molar-refractivity contribution is 7.13. The summed E-state index contributed by atoms with van der Waals surface area (Å²) < 4.78 is 0. The Hall–Kier alpha value is -2.25. The van der Waals surface area contributed by atoms with Crippen molar-refractivity contribution >= 4 is 23.2 Å². The van der Waals surface area contributed by atoms with Crippen molar-refractivity contribution in [2.75, 3.05) is 6.54 Å². The molecular weight excluding hydrogens is 444 g/mol. The van der Waals surface area contributed by atoms with E-state index in [1.165, 1.54) is 4.88 Å². The second-order valence-corrected chi connectivity index (χ2v) is 12.6. The number of nitrogens with one attached hydrogen (secondary N) is 2. The molecule has 2 heterocycles. The number of carbonyl (C=O) groups excluding carboxylic acids is 2. The van der Waals surface area contributed by atoms with Gasteiger partial charge in [-0.15, -0.1) is 11.3 Å². The van der Waals surface area contributed by atoms with Crippen LogP contribution in [0.5, 0.6) is 0 Å². The molecule has 1 saturated heterocycles. The smallest absolute Gasteiger partial charge is 0.243 e. The van der Waals surface area contributed by atoms with E-state index in [0.717, 1.165) is 16.8 Å². The van der Waals surface area contributed by atoms with E-state index in [9.17, 15) is 9.59 Å². The van der Waals surface area contributed by atoms with Crippen LogP contribution in [0.25, 0.3) is 10.4 Å². The molecule has 3 rings (SSSR count). The highest BCUT2D eigenvalue weighted by atomic mass is 32.1. The molecule has 1 aromatic carbocycles. The first-order valence-electron chi connectivity index (χ1n) is 12.1. The monoisotopic (exact) mass is 484 g/mol. The summed E-state index contributed by atoms with van der Waals surface area (Å²) in [4.78, 5) is 34.1. The van der Waals surface area contributed by atoms with Gasteiger partial charge in [0.25, 0.3) is 0 Å². The lowest BCUT2D eigenvalue weighted by atomic mass is 9.84. The number of nitrogens with zero attached hydrogens (tertiary/aromatic N) is 2. The third-order valence-electron chi connectivity index (χ3n) is 6.21. The lowest BCUT2D eigenvalue weighted by molar-refractivity contribution is -0.142. The molecule has 1 fully saturated rings. The van der Waals surface area contributed by atoms with Crippen molar-refractivity contribution in [2.24, 2.45) is 11.3 Å². The van der Waals surface area contributed by atoms with Crippen LogP contribution in [0, 0.1) is 18.3 Å². The summed E-state index contributed by atoms with van der Waals surface area (Å²) in [6, 6.07) is 7.42. The predicted octanol–water partition coefficient (Wildman–Crippen LogP) is 4.77. The molecule has 2 aromatic rings. The molecule has 0 bridgehead atoms. The van der Waals surface area contributed by atoms with Gasteiger partial charge >= 0.3 is 0 Å². The number of hydrogen-bond acceptors (Lipinski definition) is 5. The lowest BCUT2D eigenvalue weighted by Gasteiger charge is -2.39. The van der Waals surface area contributed by atoms with E-state index in [2.05, 4.69) is 76.2 Å². The minimum Gasteiger partial charge on any atom is -0.350 e. The van der Waals surface area contributed by atoms with Crippen molar-refractivity contribution in [3.8, 4) is 10.4 Å². The van der Waals surface area contributed by atoms with Gasteiger partial charge in [0.15, 0.2) is 0 Å². The summed E-state index contributed by atoms with van der Waals surface area (Å²) in [6.45, 7) is 17.6. The van der Waals surface area contributed by atoms with E-state index in [-0.39, 0.29) is 34.7 Å². The van der Waals surface area contributed by atoms with Crippen molar-refractivity contribution < 1.29 is 9.59 Å². The molecule has 7 heteroatoms. The van der Waals surface area contributed by atoms with Crippen molar-refractivity contribution in [3.05, 3.63) is 41.0 Å². The number of carbonyl (C=O) groups is 2. The predicted molar refractivity (Wildman–Crippen MR) is 140 cm³/mol. The van der Waals surface area contributed by atoms with Gasteiger partial charge in [-0.1, -0.05) is 52.0 Å². The van der Waals surface area contributed by atoms with Crippen LogP contribution in [-0.2, 0) is 16.1 Å². The maximum absolute atomic E-state index is 13.7. The zero-order chi connectivity index (χ0) is 25.3. The number of benzene rings is 1. The molecule has 0 aliphatic carbocycles. The minimum atomic E-state index is -0.437. The molecule has 186 valence electrons. The van der Waals surface area contributed by atoms with Gasteiger partial charge < -0.3 is 15.5 Å². The quantitative estimate of drug-likeness (QED) is 0.619. The van der Waals surface area contributed by atoms with E-state index >= 15 is 0 Å². The molecule has 0 spiro atoms. The topological polar surface area (TPSA) is 74.3 Å². The molecule has 1 aliphatic heterocycles. The summed E-state index contributed by atoms with van der Waals surface area (Å²) in [5.41, 5.74) is 4.58.